The first-order valence-electron chi connectivity index (χ1n) is 9.95. The number of fused-ring (bicyclic) bond motifs is 1. The molecule has 162 valence electrons. The summed E-state index contributed by atoms with van der Waals surface area (Å²) < 4.78 is 20.8. The molecule has 0 atom stereocenters. The Morgan fingerprint density at radius 3 is 2.71 bits per heavy atom. The molecule has 1 aliphatic rings. The maximum absolute atomic E-state index is 14.5. The summed E-state index contributed by atoms with van der Waals surface area (Å²) >= 11 is 0. The van der Waals surface area contributed by atoms with Crippen LogP contribution in [0.3, 0.4) is 0 Å². The fourth-order valence-corrected chi connectivity index (χ4v) is 3.24. The zero-order chi connectivity index (χ0) is 22.0. The topological polar surface area (TPSA) is 114 Å². The summed E-state index contributed by atoms with van der Waals surface area (Å²) in [4.78, 5) is 34.2. The van der Waals surface area contributed by atoms with E-state index >= 15 is 0 Å². The zero-order valence-electron chi connectivity index (χ0n) is 17.1. The summed E-state index contributed by atoms with van der Waals surface area (Å²) in [6, 6.07) is 4.08. The van der Waals surface area contributed by atoms with Crippen molar-refractivity contribution in [3.8, 4) is 11.3 Å². The van der Waals surface area contributed by atoms with Crippen LogP contribution < -0.4 is 10.6 Å². The number of benzene rings is 1. The van der Waals surface area contributed by atoms with Crippen LogP contribution in [0.25, 0.3) is 17.0 Å². The van der Waals surface area contributed by atoms with Crippen molar-refractivity contribution in [1.29, 1.82) is 0 Å². The maximum Gasteiger partial charge on any atom is 0.413 e. The Balaban J connectivity index is 1.56. The number of imidazole rings is 1. The van der Waals surface area contributed by atoms with Crippen LogP contribution in [0.15, 0.2) is 30.6 Å². The molecule has 1 aliphatic heterocycles. The van der Waals surface area contributed by atoms with E-state index in [1.165, 1.54) is 35.1 Å². The molecular formula is C20H22FN7O3. The van der Waals surface area contributed by atoms with E-state index in [0.29, 0.717) is 18.8 Å². The van der Waals surface area contributed by atoms with Crippen molar-refractivity contribution in [1.82, 2.24) is 24.5 Å². The van der Waals surface area contributed by atoms with Crippen LogP contribution in [0.5, 0.6) is 0 Å². The first kappa shape index (κ1) is 20.5. The summed E-state index contributed by atoms with van der Waals surface area (Å²) in [5.74, 6) is -0.112. The van der Waals surface area contributed by atoms with Crippen molar-refractivity contribution in [2.45, 2.75) is 32.8 Å². The van der Waals surface area contributed by atoms with Crippen LogP contribution in [-0.2, 0) is 4.74 Å². The third-order valence-electron chi connectivity index (χ3n) is 4.65. The van der Waals surface area contributed by atoms with E-state index in [9.17, 15) is 14.0 Å². The van der Waals surface area contributed by atoms with Gasteiger partial charge < -0.3 is 15.0 Å². The minimum atomic E-state index is -0.656. The second-order valence-electron chi connectivity index (χ2n) is 7.41. The van der Waals surface area contributed by atoms with E-state index < -0.39 is 11.9 Å². The predicted octanol–water partition coefficient (Wildman–Crippen LogP) is 3.52. The molecule has 3 heterocycles. The van der Waals surface area contributed by atoms with Gasteiger partial charge in [-0.05, 0) is 44.9 Å². The van der Waals surface area contributed by atoms with Crippen LogP contribution in [0.4, 0.5) is 25.5 Å². The molecule has 3 aromatic rings. The van der Waals surface area contributed by atoms with Crippen LogP contribution in [-0.4, -0.2) is 55.8 Å². The second-order valence-corrected chi connectivity index (χ2v) is 7.41. The normalized spacial score (nSPS) is 13.6. The average molecular weight is 427 g/mol. The molecule has 4 rings (SSSR count). The molecule has 0 bridgehead atoms. The molecule has 11 heteroatoms. The van der Waals surface area contributed by atoms with Crippen molar-refractivity contribution in [3.63, 3.8) is 0 Å². The molecule has 10 nitrogen and oxygen atoms in total. The molecule has 1 fully saturated rings. The van der Waals surface area contributed by atoms with E-state index in [4.69, 9.17) is 4.74 Å². The molecule has 0 radical (unpaired) electrons. The van der Waals surface area contributed by atoms with Gasteiger partial charge in [0.1, 0.15) is 5.82 Å². The molecule has 31 heavy (non-hydrogen) atoms. The lowest BCUT2D eigenvalue weighted by Crippen LogP contribution is -2.32. The van der Waals surface area contributed by atoms with Gasteiger partial charge in [0.05, 0.1) is 24.2 Å². The highest BCUT2D eigenvalue weighted by atomic mass is 19.1. The van der Waals surface area contributed by atoms with E-state index in [1.54, 1.807) is 18.7 Å². The van der Waals surface area contributed by atoms with Crippen LogP contribution in [0.2, 0.25) is 0 Å². The first-order valence-corrected chi connectivity index (χ1v) is 9.95. The summed E-state index contributed by atoms with van der Waals surface area (Å²) in [5.41, 5.74) is 0.946. The van der Waals surface area contributed by atoms with E-state index in [1.807, 2.05) is 0 Å². The van der Waals surface area contributed by atoms with Crippen molar-refractivity contribution >= 4 is 29.4 Å². The Hall–Kier alpha value is -3.76. The van der Waals surface area contributed by atoms with Gasteiger partial charge in [0.15, 0.2) is 5.82 Å². The standard InChI is InChI=1S/C20H22FN7O3/c1-12(2)31-20(30)25-17-10-22-18-24-16(11-28(18)26-17)14-9-13(5-6-15(14)21)23-19(29)27-7-3-4-8-27/h5-6,9-12H,3-4,7-8H2,1-2H3,(H,23,29)(H,25,26,30). The zero-order valence-corrected chi connectivity index (χ0v) is 17.1. The highest BCUT2D eigenvalue weighted by Crippen LogP contribution is 2.26. The van der Waals surface area contributed by atoms with Crippen molar-refractivity contribution in [3.05, 3.63) is 36.4 Å². The van der Waals surface area contributed by atoms with E-state index in [0.717, 1.165) is 12.8 Å². The summed E-state index contributed by atoms with van der Waals surface area (Å²) in [6.07, 6.45) is 3.85. The number of rotatable bonds is 4. The van der Waals surface area contributed by atoms with Crippen LogP contribution in [0, 0.1) is 5.82 Å². The predicted molar refractivity (Wildman–Crippen MR) is 111 cm³/mol. The number of carbonyl (C=O) groups excluding carboxylic acids is 2. The number of hydrogen-bond donors (Lipinski definition) is 2. The Morgan fingerprint density at radius 2 is 1.97 bits per heavy atom. The lowest BCUT2D eigenvalue weighted by atomic mass is 10.1. The van der Waals surface area contributed by atoms with Gasteiger partial charge in [-0.25, -0.2) is 28.5 Å². The minimum absolute atomic E-state index is 0.161. The second kappa shape index (κ2) is 8.54. The van der Waals surface area contributed by atoms with Gasteiger partial charge in [-0.1, -0.05) is 0 Å². The molecule has 1 aromatic carbocycles. The number of hydrogen-bond acceptors (Lipinski definition) is 6. The monoisotopic (exact) mass is 427 g/mol. The van der Waals surface area contributed by atoms with Crippen molar-refractivity contribution < 1.29 is 18.7 Å². The van der Waals surface area contributed by atoms with Gasteiger partial charge in [-0.15, -0.1) is 5.10 Å². The molecule has 2 N–H and O–H groups in total. The van der Waals surface area contributed by atoms with Gasteiger partial charge in [-0.2, -0.15) is 0 Å². The lowest BCUT2D eigenvalue weighted by molar-refractivity contribution is 0.130. The summed E-state index contributed by atoms with van der Waals surface area (Å²) in [6.45, 7) is 4.88. The fraction of sp³-hybridized carbons (Fsp3) is 0.350. The highest BCUT2D eigenvalue weighted by molar-refractivity contribution is 5.90. The first-order chi connectivity index (χ1) is 14.9. The van der Waals surface area contributed by atoms with Gasteiger partial charge >= 0.3 is 12.1 Å². The van der Waals surface area contributed by atoms with E-state index in [2.05, 4.69) is 25.7 Å². The number of aromatic nitrogens is 4. The molecule has 1 saturated heterocycles. The Kier molecular flexibility index (Phi) is 5.65. The summed E-state index contributed by atoms with van der Waals surface area (Å²) in [5, 5.41) is 9.47. The van der Waals surface area contributed by atoms with Crippen LogP contribution >= 0.6 is 0 Å². The number of amides is 3. The van der Waals surface area contributed by atoms with Gasteiger partial charge in [-0.3, -0.25) is 5.32 Å². The fourth-order valence-electron chi connectivity index (χ4n) is 3.24. The number of nitrogens with one attached hydrogen (secondary N) is 2. The van der Waals surface area contributed by atoms with Gasteiger partial charge in [0.2, 0.25) is 0 Å². The van der Waals surface area contributed by atoms with E-state index in [-0.39, 0.29) is 35.0 Å². The molecule has 0 spiro atoms. The maximum atomic E-state index is 14.5. The molecule has 3 amide bonds. The number of halogens is 1. The molecule has 0 unspecified atom stereocenters. The SMILES string of the molecule is CC(C)OC(=O)Nc1cnc2nc(-c3cc(NC(=O)N4CCCC4)ccc3F)cn2n1. The van der Waals surface area contributed by atoms with Gasteiger partial charge in [0.25, 0.3) is 5.78 Å². The largest absolute Gasteiger partial charge is 0.447 e. The number of anilines is 2. The van der Waals surface area contributed by atoms with Crippen molar-refractivity contribution in [2.75, 3.05) is 23.7 Å². The number of ether oxygens (including phenoxy) is 1. The molecule has 0 aliphatic carbocycles. The smallest absolute Gasteiger partial charge is 0.413 e. The number of nitrogens with zero attached hydrogens (tertiary/aromatic N) is 5. The number of carbonyl (C=O) groups is 2. The third kappa shape index (κ3) is 4.71. The van der Waals surface area contributed by atoms with Crippen LogP contribution in [0.1, 0.15) is 26.7 Å². The quantitative estimate of drug-likeness (QED) is 0.659. The Bertz CT molecular complexity index is 1130. The highest BCUT2D eigenvalue weighted by Gasteiger charge is 2.19. The Morgan fingerprint density at radius 1 is 1.19 bits per heavy atom. The average Bonchev–Trinajstić information content (AvgIpc) is 3.38. The minimum Gasteiger partial charge on any atom is -0.447 e. The lowest BCUT2D eigenvalue weighted by Gasteiger charge is -2.16. The molecular weight excluding hydrogens is 405 g/mol. The number of urea groups is 1. The molecule has 0 saturated carbocycles. The Labute approximate surface area is 177 Å². The van der Waals surface area contributed by atoms with Gasteiger partial charge in [0, 0.05) is 24.3 Å². The van der Waals surface area contributed by atoms with Crippen molar-refractivity contribution in [2.24, 2.45) is 0 Å². The third-order valence-corrected chi connectivity index (χ3v) is 4.65. The number of likely N-dealkylation sites (tertiary alicyclic amines) is 1. The molecule has 2 aromatic heterocycles. The summed E-state index contributed by atoms with van der Waals surface area (Å²) in [7, 11) is 0.